The first-order valence-electron chi connectivity index (χ1n) is 3.06. The quantitative estimate of drug-likeness (QED) is 0.518. The zero-order valence-corrected chi connectivity index (χ0v) is 5.85. The van der Waals surface area contributed by atoms with Gasteiger partial charge in [0, 0.05) is 5.57 Å². The molecule has 0 bridgehead atoms. The van der Waals surface area contributed by atoms with Gasteiger partial charge in [-0.15, -0.1) is 0 Å². The Balaban J connectivity index is 2.62. The van der Waals surface area contributed by atoms with Crippen LogP contribution in [-0.4, -0.2) is 18.5 Å². The highest BCUT2D eigenvalue weighted by Gasteiger charge is 2.13. The molecule has 9 heavy (non-hydrogen) atoms. The van der Waals surface area contributed by atoms with Gasteiger partial charge in [0.05, 0.1) is 6.04 Å². The Kier molecular flexibility index (Phi) is 1.56. The van der Waals surface area contributed by atoms with Crippen LogP contribution in [0.2, 0.25) is 0 Å². The molecule has 0 spiro atoms. The third-order valence-electron chi connectivity index (χ3n) is 1.16. The summed E-state index contributed by atoms with van der Waals surface area (Å²) in [5.74, 6) is 0.725. The van der Waals surface area contributed by atoms with Crippen molar-refractivity contribution in [2.75, 3.05) is 6.61 Å². The molecule has 0 aliphatic carbocycles. The van der Waals surface area contributed by atoms with E-state index in [1.54, 1.807) is 0 Å². The zero-order chi connectivity index (χ0) is 6.85. The largest absolute Gasteiger partial charge is 0.475 e. The van der Waals surface area contributed by atoms with Crippen LogP contribution in [0.3, 0.4) is 0 Å². The lowest BCUT2D eigenvalue weighted by atomic mass is 10.3. The van der Waals surface area contributed by atoms with E-state index < -0.39 is 0 Å². The molecule has 0 N–H and O–H groups in total. The van der Waals surface area contributed by atoms with E-state index >= 15 is 0 Å². The summed E-state index contributed by atoms with van der Waals surface area (Å²) in [4.78, 5) is 4.18. The maximum Gasteiger partial charge on any atom is 0.211 e. The minimum Gasteiger partial charge on any atom is -0.475 e. The molecule has 0 saturated carbocycles. The maximum atomic E-state index is 5.18. The molecule has 0 aromatic heterocycles. The molecule has 2 nitrogen and oxygen atoms in total. The summed E-state index contributed by atoms with van der Waals surface area (Å²) < 4.78 is 5.18. The second-order valence-electron chi connectivity index (χ2n) is 2.37. The van der Waals surface area contributed by atoms with Crippen LogP contribution in [-0.2, 0) is 4.74 Å². The van der Waals surface area contributed by atoms with E-state index in [0.29, 0.717) is 12.6 Å². The monoisotopic (exact) mass is 125 g/mol. The molecular weight excluding hydrogens is 114 g/mol. The maximum absolute atomic E-state index is 5.18. The third kappa shape index (κ3) is 1.31. The van der Waals surface area contributed by atoms with Gasteiger partial charge in [-0.05, 0) is 13.8 Å². The van der Waals surface area contributed by atoms with Gasteiger partial charge in [0.2, 0.25) is 5.90 Å². The number of hydrogen-bond donors (Lipinski definition) is 0. The number of ether oxygens (including phenoxy) is 1. The van der Waals surface area contributed by atoms with E-state index in [1.165, 1.54) is 0 Å². The van der Waals surface area contributed by atoms with Crippen molar-refractivity contribution in [1.82, 2.24) is 0 Å². The van der Waals surface area contributed by atoms with E-state index in [4.69, 9.17) is 4.74 Å². The van der Waals surface area contributed by atoms with Gasteiger partial charge in [0.25, 0.3) is 0 Å². The molecular formula is C7H11NO. The lowest BCUT2D eigenvalue weighted by Crippen LogP contribution is -2.00. The zero-order valence-electron chi connectivity index (χ0n) is 5.85. The first-order chi connectivity index (χ1) is 4.20. The van der Waals surface area contributed by atoms with E-state index in [2.05, 4.69) is 11.6 Å². The van der Waals surface area contributed by atoms with Crippen molar-refractivity contribution in [3.8, 4) is 0 Å². The summed E-state index contributed by atoms with van der Waals surface area (Å²) in [5.41, 5.74) is 0.916. The lowest BCUT2D eigenvalue weighted by Gasteiger charge is -1.96. The predicted octanol–water partition coefficient (Wildman–Crippen LogP) is 1.38. The summed E-state index contributed by atoms with van der Waals surface area (Å²) in [6.45, 7) is 8.35. The molecule has 1 aliphatic heterocycles. The average Bonchev–Trinajstić information content (AvgIpc) is 2.14. The minimum absolute atomic E-state index is 0.316. The highest BCUT2D eigenvalue weighted by molar-refractivity contribution is 5.93. The summed E-state index contributed by atoms with van der Waals surface area (Å²) in [5, 5.41) is 0. The third-order valence-corrected chi connectivity index (χ3v) is 1.16. The fraction of sp³-hybridized carbons (Fsp3) is 0.571. The summed E-state index contributed by atoms with van der Waals surface area (Å²) in [6.07, 6.45) is 0. The highest BCUT2D eigenvalue weighted by atomic mass is 16.5. The second kappa shape index (κ2) is 2.21. The van der Waals surface area contributed by atoms with Crippen molar-refractivity contribution in [1.29, 1.82) is 0 Å². The van der Waals surface area contributed by atoms with Gasteiger partial charge in [-0.25, -0.2) is 4.99 Å². The Morgan fingerprint density at radius 2 is 2.56 bits per heavy atom. The topological polar surface area (TPSA) is 21.6 Å². The molecule has 50 valence electrons. The number of aliphatic imine (C=N–C) groups is 1. The Morgan fingerprint density at radius 1 is 1.89 bits per heavy atom. The number of hydrogen-bond acceptors (Lipinski definition) is 2. The molecule has 0 aromatic rings. The van der Waals surface area contributed by atoms with E-state index in [-0.39, 0.29) is 0 Å². The van der Waals surface area contributed by atoms with Crippen molar-refractivity contribution >= 4 is 5.90 Å². The van der Waals surface area contributed by atoms with Crippen LogP contribution in [0.5, 0.6) is 0 Å². The van der Waals surface area contributed by atoms with Crippen molar-refractivity contribution < 1.29 is 4.74 Å². The van der Waals surface area contributed by atoms with Gasteiger partial charge in [-0.3, -0.25) is 0 Å². The first-order valence-corrected chi connectivity index (χ1v) is 3.06. The van der Waals surface area contributed by atoms with Gasteiger partial charge in [-0.2, -0.15) is 0 Å². The predicted molar refractivity (Wildman–Crippen MR) is 37.7 cm³/mol. The molecule has 1 aliphatic rings. The van der Waals surface area contributed by atoms with Crippen molar-refractivity contribution in [2.45, 2.75) is 19.9 Å². The van der Waals surface area contributed by atoms with E-state index in [9.17, 15) is 0 Å². The van der Waals surface area contributed by atoms with Crippen LogP contribution in [0.25, 0.3) is 0 Å². The Morgan fingerprint density at radius 3 is 2.78 bits per heavy atom. The first kappa shape index (κ1) is 6.33. The Hall–Kier alpha value is -0.790. The van der Waals surface area contributed by atoms with Crippen LogP contribution < -0.4 is 0 Å². The SMILES string of the molecule is C=C(C)C1=NC(C)CO1. The summed E-state index contributed by atoms with van der Waals surface area (Å²) >= 11 is 0. The van der Waals surface area contributed by atoms with E-state index in [1.807, 2.05) is 13.8 Å². The molecule has 1 rings (SSSR count). The van der Waals surface area contributed by atoms with Gasteiger partial charge < -0.3 is 4.74 Å². The highest BCUT2D eigenvalue weighted by Crippen LogP contribution is 2.07. The second-order valence-corrected chi connectivity index (χ2v) is 2.37. The normalized spacial score (nSPS) is 25.1. The fourth-order valence-corrected chi connectivity index (χ4v) is 0.708. The standard InChI is InChI=1S/C7H11NO/c1-5(2)7-8-6(3)4-9-7/h6H,1,4H2,2-3H3. The minimum atomic E-state index is 0.316. The molecule has 0 radical (unpaired) electrons. The van der Waals surface area contributed by atoms with Gasteiger partial charge in [-0.1, -0.05) is 6.58 Å². The van der Waals surface area contributed by atoms with Crippen molar-refractivity contribution in [2.24, 2.45) is 4.99 Å². The fourth-order valence-electron chi connectivity index (χ4n) is 0.708. The average molecular weight is 125 g/mol. The van der Waals surface area contributed by atoms with Gasteiger partial charge >= 0.3 is 0 Å². The lowest BCUT2D eigenvalue weighted by molar-refractivity contribution is 0.323. The van der Waals surface area contributed by atoms with Crippen LogP contribution in [0.4, 0.5) is 0 Å². The van der Waals surface area contributed by atoms with Crippen LogP contribution in [0, 0.1) is 0 Å². The van der Waals surface area contributed by atoms with Crippen LogP contribution in [0.15, 0.2) is 17.1 Å². The van der Waals surface area contributed by atoms with E-state index in [0.717, 1.165) is 11.5 Å². The number of rotatable bonds is 1. The van der Waals surface area contributed by atoms with Crippen LogP contribution >= 0.6 is 0 Å². The molecule has 0 amide bonds. The summed E-state index contributed by atoms with van der Waals surface area (Å²) in [6, 6.07) is 0.316. The molecule has 1 unspecified atom stereocenters. The summed E-state index contributed by atoms with van der Waals surface area (Å²) in [7, 11) is 0. The van der Waals surface area contributed by atoms with Crippen molar-refractivity contribution in [3.05, 3.63) is 12.2 Å². The number of nitrogens with zero attached hydrogens (tertiary/aromatic N) is 1. The Bertz CT molecular complexity index is 160. The van der Waals surface area contributed by atoms with Gasteiger partial charge in [0.1, 0.15) is 6.61 Å². The molecule has 0 fully saturated rings. The molecule has 1 heterocycles. The van der Waals surface area contributed by atoms with Crippen molar-refractivity contribution in [3.63, 3.8) is 0 Å². The Labute approximate surface area is 55.2 Å². The molecule has 1 atom stereocenters. The molecule has 2 heteroatoms. The molecule has 0 aromatic carbocycles. The van der Waals surface area contributed by atoms with Gasteiger partial charge in [0.15, 0.2) is 0 Å². The van der Waals surface area contributed by atoms with Crippen LogP contribution in [0.1, 0.15) is 13.8 Å². The molecule has 0 saturated heterocycles. The smallest absolute Gasteiger partial charge is 0.211 e.